The summed E-state index contributed by atoms with van der Waals surface area (Å²) in [5.74, 6) is 1.03. The van der Waals surface area contributed by atoms with Crippen LogP contribution in [-0.2, 0) is 13.1 Å². The fourth-order valence-corrected chi connectivity index (χ4v) is 3.05. The van der Waals surface area contributed by atoms with E-state index in [4.69, 9.17) is 0 Å². The van der Waals surface area contributed by atoms with Crippen molar-refractivity contribution >= 4 is 11.8 Å². The lowest BCUT2D eigenvalue weighted by Crippen LogP contribution is -2.42. The van der Waals surface area contributed by atoms with Crippen LogP contribution >= 0.6 is 0 Å². The Hall–Kier alpha value is -2.57. The molecule has 0 spiro atoms. The van der Waals surface area contributed by atoms with Crippen molar-refractivity contribution in [1.82, 2.24) is 25.2 Å². The van der Waals surface area contributed by atoms with E-state index in [1.165, 1.54) is 19.3 Å². The van der Waals surface area contributed by atoms with Gasteiger partial charge in [0.2, 0.25) is 0 Å². The van der Waals surface area contributed by atoms with E-state index in [2.05, 4.69) is 25.5 Å². The minimum absolute atomic E-state index is 0.0220. The minimum Gasteiger partial charge on any atom is -0.357 e. The van der Waals surface area contributed by atoms with Crippen LogP contribution < -0.4 is 15.5 Å². The van der Waals surface area contributed by atoms with Crippen molar-refractivity contribution in [3.05, 3.63) is 42.6 Å². The number of nitrogens with one attached hydrogen (secondary N) is 2. The molecule has 0 saturated carbocycles. The van der Waals surface area contributed by atoms with Crippen LogP contribution in [0.2, 0.25) is 0 Å². The van der Waals surface area contributed by atoms with Gasteiger partial charge in [-0.1, -0.05) is 6.07 Å². The van der Waals surface area contributed by atoms with Crippen LogP contribution in [0.25, 0.3) is 0 Å². The lowest BCUT2D eigenvalue weighted by atomic mass is 10.1. The maximum Gasteiger partial charge on any atom is 0.315 e. The van der Waals surface area contributed by atoms with E-state index in [0.29, 0.717) is 13.1 Å². The number of carbonyl (C=O) groups excluding carboxylic acids is 1. The van der Waals surface area contributed by atoms with Crippen LogP contribution in [0, 0.1) is 0 Å². The van der Waals surface area contributed by atoms with E-state index in [-0.39, 0.29) is 12.1 Å². The Morgan fingerprint density at radius 1 is 1.28 bits per heavy atom. The molecule has 1 fully saturated rings. The third kappa shape index (κ3) is 5.20. The number of carbonyl (C=O) groups is 1. The number of anilines is 1. The summed E-state index contributed by atoms with van der Waals surface area (Å²) >= 11 is 0. The Bertz CT molecular complexity index is 649. The molecule has 3 rings (SSSR count). The van der Waals surface area contributed by atoms with Crippen molar-refractivity contribution in [2.75, 3.05) is 18.0 Å². The van der Waals surface area contributed by atoms with Crippen molar-refractivity contribution in [1.29, 1.82) is 0 Å². The van der Waals surface area contributed by atoms with Crippen LogP contribution in [0.4, 0.5) is 10.6 Å². The van der Waals surface area contributed by atoms with Gasteiger partial charge in [0.1, 0.15) is 5.82 Å². The Kier molecular flexibility index (Phi) is 5.87. The monoisotopic (exact) mass is 342 g/mol. The van der Waals surface area contributed by atoms with Gasteiger partial charge >= 0.3 is 6.03 Å². The van der Waals surface area contributed by atoms with Gasteiger partial charge in [-0.05, 0) is 37.8 Å². The van der Waals surface area contributed by atoms with Crippen molar-refractivity contribution in [3.8, 4) is 0 Å². The largest absolute Gasteiger partial charge is 0.357 e. The maximum absolute atomic E-state index is 12.0. The van der Waals surface area contributed by atoms with E-state index in [1.54, 1.807) is 12.5 Å². The quantitative estimate of drug-likeness (QED) is 0.843. The zero-order valence-electron chi connectivity index (χ0n) is 14.7. The number of aromatic nitrogens is 3. The first-order valence-electron chi connectivity index (χ1n) is 8.91. The summed E-state index contributed by atoms with van der Waals surface area (Å²) in [7, 11) is 0. The molecule has 0 unspecified atom stereocenters. The highest BCUT2D eigenvalue weighted by Gasteiger charge is 2.12. The highest BCUT2D eigenvalue weighted by atomic mass is 16.2. The van der Waals surface area contributed by atoms with E-state index < -0.39 is 0 Å². The number of nitrogens with zero attached hydrogens (tertiary/aromatic N) is 4. The molecule has 2 aromatic rings. The molecule has 7 heteroatoms. The molecule has 0 aliphatic carbocycles. The Balaban J connectivity index is 1.42. The smallest absolute Gasteiger partial charge is 0.315 e. The molecule has 1 aliphatic rings. The summed E-state index contributed by atoms with van der Waals surface area (Å²) in [6.07, 6.45) is 11.0. The molecular weight excluding hydrogens is 316 g/mol. The first-order valence-corrected chi connectivity index (χ1v) is 8.91. The number of rotatable bonds is 6. The zero-order valence-corrected chi connectivity index (χ0v) is 14.7. The third-order valence-corrected chi connectivity index (χ3v) is 4.36. The molecular formula is C18H26N6O. The highest BCUT2D eigenvalue weighted by molar-refractivity contribution is 5.74. The third-order valence-electron chi connectivity index (χ3n) is 4.36. The second-order valence-electron chi connectivity index (χ2n) is 6.56. The normalized spacial score (nSPS) is 15.6. The van der Waals surface area contributed by atoms with Gasteiger partial charge in [0.25, 0.3) is 0 Å². The number of hydrogen-bond acceptors (Lipinski definition) is 4. The number of imidazole rings is 1. The second-order valence-corrected chi connectivity index (χ2v) is 6.56. The summed E-state index contributed by atoms with van der Waals surface area (Å²) in [6.45, 7) is 5.30. The molecule has 1 saturated heterocycles. The molecule has 3 heterocycles. The maximum atomic E-state index is 12.0. The van der Waals surface area contributed by atoms with E-state index in [1.807, 2.05) is 36.0 Å². The second kappa shape index (κ2) is 8.50. The molecule has 0 bridgehead atoms. The zero-order chi connectivity index (χ0) is 17.5. The molecule has 0 aromatic carbocycles. The molecule has 7 nitrogen and oxygen atoms in total. The van der Waals surface area contributed by atoms with Gasteiger partial charge in [-0.2, -0.15) is 0 Å². The average molecular weight is 342 g/mol. The topological polar surface area (TPSA) is 75.1 Å². The standard InChI is InChI=1S/C18H26N6O/c1-15(13-23-10-7-19-14-23)22-18(25)21-12-16-5-6-17(20-11-16)24-8-3-2-4-9-24/h5-7,10-11,14-15H,2-4,8-9,12-13H2,1H3,(H2,21,22,25)/t15-/m0/s1. The summed E-state index contributed by atoms with van der Waals surface area (Å²) in [5, 5.41) is 5.80. The number of amides is 2. The van der Waals surface area contributed by atoms with Crippen LogP contribution in [-0.4, -0.2) is 39.7 Å². The van der Waals surface area contributed by atoms with E-state index in [9.17, 15) is 4.79 Å². The van der Waals surface area contributed by atoms with Crippen LogP contribution in [0.1, 0.15) is 31.7 Å². The Morgan fingerprint density at radius 3 is 2.80 bits per heavy atom. The Labute approximate surface area is 148 Å². The van der Waals surface area contributed by atoms with Crippen molar-refractivity contribution in [3.63, 3.8) is 0 Å². The molecule has 25 heavy (non-hydrogen) atoms. The van der Waals surface area contributed by atoms with Gasteiger partial charge < -0.3 is 20.1 Å². The summed E-state index contributed by atoms with van der Waals surface area (Å²) in [6, 6.07) is 3.93. The summed E-state index contributed by atoms with van der Waals surface area (Å²) < 4.78 is 1.94. The molecule has 0 radical (unpaired) electrons. The summed E-state index contributed by atoms with van der Waals surface area (Å²) in [4.78, 5) is 22.8. The lowest BCUT2D eigenvalue weighted by molar-refractivity contribution is 0.236. The van der Waals surface area contributed by atoms with Crippen molar-refractivity contribution in [2.24, 2.45) is 0 Å². The minimum atomic E-state index is -0.173. The van der Waals surface area contributed by atoms with Crippen molar-refractivity contribution < 1.29 is 4.79 Å². The summed E-state index contributed by atoms with van der Waals surface area (Å²) in [5.41, 5.74) is 0.998. The highest BCUT2D eigenvalue weighted by Crippen LogP contribution is 2.17. The molecule has 1 atom stereocenters. The van der Waals surface area contributed by atoms with Gasteiger partial charge in [-0.25, -0.2) is 14.8 Å². The van der Waals surface area contributed by atoms with Gasteiger partial charge in [-0.15, -0.1) is 0 Å². The first-order chi connectivity index (χ1) is 12.2. The van der Waals surface area contributed by atoms with Gasteiger partial charge in [0.05, 0.1) is 6.33 Å². The van der Waals surface area contributed by atoms with Crippen LogP contribution in [0.15, 0.2) is 37.1 Å². The SMILES string of the molecule is C[C@@H](Cn1ccnc1)NC(=O)NCc1ccc(N2CCCCC2)nc1. The van der Waals surface area contributed by atoms with Crippen LogP contribution in [0.3, 0.4) is 0 Å². The number of urea groups is 1. The van der Waals surface area contributed by atoms with Crippen molar-refractivity contribution in [2.45, 2.75) is 45.3 Å². The van der Waals surface area contributed by atoms with E-state index in [0.717, 1.165) is 24.5 Å². The predicted octanol–water partition coefficient (Wildman–Crippen LogP) is 2.16. The van der Waals surface area contributed by atoms with Gasteiger partial charge in [0, 0.05) is 50.8 Å². The first kappa shape index (κ1) is 17.3. The van der Waals surface area contributed by atoms with Gasteiger partial charge in [-0.3, -0.25) is 0 Å². The van der Waals surface area contributed by atoms with Gasteiger partial charge in [0.15, 0.2) is 0 Å². The molecule has 1 aliphatic heterocycles. The molecule has 134 valence electrons. The predicted molar refractivity (Wildman–Crippen MR) is 97.4 cm³/mol. The average Bonchev–Trinajstić information content (AvgIpc) is 3.14. The molecule has 2 N–H and O–H groups in total. The van der Waals surface area contributed by atoms with Crippen LogP contribution in [0.5, 0.6) is 0 Å². The molecule has 2 amide bonds. The number of pyridine rings is 1. The fourth-order valence-electron chi connectivity index (χ4n) is 3.05. The van der Waals surface area contributed by atoms with E-state index >= 15 is 0 Å². The number of piperidine rings is 1. The molecule has 2 aromatic heterocycles. The Morgan fingerprint density at radius 2 is 2.12 bits per heavy atom. The lowest BCUT2D eigenvalue weighted by Gasteiger charge is -2.27. The number of hydrogen-bond donors (Lipinski definition) is 2. The fraction of sp³-hybridized carbons (Fsp3) is 0.500.